The summed E-state index contributed by atoms with van der Waals surface area (Å²) in [5, 5.41) is 4.68. The normalized spacial score (nSPS) is 11.7. The number of hydrogen-bond acceptors (Lipinski definition) is 5. The number of carbonyl (C=O) groups excluding carboxylic acids is 2. The molecule has 3 aromatic rings. The Balaban J connectivity index is 1.63. The van der Waals surface area contributed by atoms with Crippen molar-refractivity contribution >= 4 is 28.9 Å². The van der Waals surface area contributed by atoms with E-state index in [1.54, 1.807) is 11.4 Å². The van der Waals surface area contributed by atoms with Crippen LogP contribution in [0.4, 0.5) is 10.1 Å². The van der Waals surface area contributed by atoms with E-state index in [0.717, 1.165) is 12.0 Å². The Labute approximate surface area is 166 Å². The summed E-state index contributed by atoms with van der Waals surface area (Å²) < 4.78 is 18.8. The molecule has 0 aliphatic heterocycles. The second kappa shape index (κ2) is 8.75. The van der Waals surface area contributed by atoms with Crippen molar-refractivity contribution in [1.29, 1.82) is 0 Å². The zero-order valence-electron chi connectivity index (χ0n) is 15.4. The number of amides is 1. The molecule has 1 amide bonds. The molecular formula is C21H19FN2O3S. The van der Waals surface area contributed by atoms with Crippen LogP contribution in [0.2, 0.25) is 0 Å². The highest BCUT2D eigenvalue weighted by molar-refractivity contribution is 7.13. The maximum Gasteiger partial charge on any atom is 0.358 e. The van der Waals surface area contributed by atoms with E-state index in [9.17, 15) is 14.0 Å². The summed E-state index contributed by atoms with van der Waals surface area (Å²) in [5.74, 6) is -1.89. The molecule has 1 aromatic heterocycles. The predicted molar refractivity (Wildman–Crippen MR) is 107 cm³/mol. The van der Waals surface area contributed by atoms with Crippen LogP contribution in [0.1, 0.15) is 29.9 Å². The van der Waals surface area contributed by atoms with E-state index in [1.807, 2.05) is 24.3 Å². The van der Waals surface area contributed by atoms with Gasteiger partial charge in [0.25, 0.3) is 5.91 Å². The van der Waals surface area contributed by atoms with Crippen LogP contribution in [0.15, 0.2) is 53.9 Å². The molecule has 0 aliphatic carbocycles. The molecule has 7 heteroatoms. The number of nitrogens with zero attached hydrogens (tertiary/aromatic N) is 1. The van der Waals surface area contributed by atoms with Gasteiger partial charge in [-0.3, -0.25) is 4.79 Å². The zero-order valence-corrected chi connectivity index (χ0v) is 16.3. The highest BCUT2D eigenvalue weighted by Gasteiger charge is 2.22. The van der Waals surface area contributed by atoms with Crippen molar-refractivity contribution in [1.82, 2.24) is 4.98 Å². The van der Waals surface area contributed by atoms with Gasteiger partial charge >= 0.3 is 5.97 Å². The second-order valence-electron chi connectivity index (χ2n) is 6.11. The molecule has 0 bridgehead atoms. The molecule has 1 atom stereocenters. The SMILES string of the molecule is CCc1ccc(-c2nc(C(=O)O[C@H](C)C(=O)Nc3ccccc3F)cs2)cc1. The Kier molecular flexibility index (Phi) is 6.16. The Morgan fingerprint density at radius 1 is 1.18 bits per heavy atom. The topological polar surface area (TPSA) is 68.3 Å². The van der Waals surface area contributed by atoms with Crippen LogP contribution in [0, 0.1) is 5.82 Å². The summed E-state index contributed by atoms with van der Waals surface area (Å²) in [6, 6.07) is 13.7. The van der Waals surface area contributed by atoms with Gasteiger partial charge in [-0.1, -0.05) is 43.3 Å². The lowest BCUT2D eigenvalue weighted by Gasteiger charge is -2.13. The summed E-state index contributed by atoms with van der Waals surface area (Å²) in [6.07, 6.45) is -0.149. The monoisotopic (exact) mass is 398 g/mol. The third kappa shape index (κ3) is 4.61. The minimum atomic E-state index is -1.10. The van der Waals surface area contributed by atoms with Gasteiger partial charge in [0.15, 0.2) is 11.8 Å². The molecule has 0 saturated carbocycles. The summed E-state index contributed by atoms with van der Waals surface area (Å²) in [5.41, 5.74) is 2.29. The number of aryl methyl sites for hydroxylation is 1. The predicted octanol–water partition coefficient (Wildman–Crippen LogP) is 4.70. The fourth-order valence-corrected chi connectivity index (χ4v) is 3.25. The number of halogens is 1. The molecule has 0 unspecified atom stereocenters. The average molecular weight is 398 g/mol. The molecular weight excluding hydrogens is 379 g/mol. The Morgan fingerprint density at radius 3 is 2.57 bits per heavy atom. The first-order valence-electron chi connectivity index (χ1n) is 8.79. The number of hydrogen-bond donors (Lipinski definition) is 1. The van der Waals surface area contributed by atoms with Crippen molar-refractivity contribution in [2.24, 2.45) is 0 Å². The van der Waals surface area contributed by atoms with Crippen molar-refractivity contribution in [3.05, 3.63) is 71.0 Å². The lowest BCUT2D eigenvalue weighted by Crippen LogP contribution is -2.30. The summed E-state index contributed by atoms with van der Waals surface area (Å²) >= 11 is 1.32. The van der Waals surface area contributed by atoms with Gasteiger partial charge in [0.05, 0.1) is 5.69 Å². The van der Waals surface area contributed by atoms with Crippen LogP contribution in [-0.2, 0) is 16.0 Å². The second-order valence-corrected chi connectivity index (χ2v) is 6.96. The van der Waals surface area contributed by atoms with Crippen LogP contribution in [-0.4, -0.2) is 23.0 Å². The number of para-hydroxylation sites is 1. The molecule has 0 saturated heterocycles. The van der Waals surface area contributed by atoms with Crippen LogP contribution < -0.4 is 5.32 Å². The number of thiazole rings is 1. The number of esters is 1. The number of nitrogens with one attached hydrogen (secondary N) is 1. The van der Waals surface area contributed by atoms with E-state index in [1.165, 1.54) is 42.0 Å². The number of carbonyl (C=O) groups is 2. The van der Waals surface area contributed by atoms with E-state index in [-0.39, 0.29) is 11.4 Å². The Bertz CT molecular complexity index is 985. The molecule has 2 aromatic carbocycles. The number of benzene rings is 2. The number of rotatable bonds is 6. The van der Waals surface area contributed by atoms with Gasteiger partial charge in [0, 0.05) is 10.9 Å². The van der Waals surface area contributed by atoms with Crippen molar-refractivity contribution in [3.8, 4) is 10.6 Å². The largest absolute Gasteiger partial charge is 0.448 e. The summed E-state index contributed by atoms with van der Waals surface area (Å²) in [7, 11) is 0. The summed E-state index contributed by atoms with van der Waals surface area (Å²) in [6.45, 7) is 3.50. The highest BCUT2D eigenvalue weighted by atomic mass is 32.1. The first-order chi connectivity index (χ1) is 13.5. The molecule has 28 heavy (non-hydrogen) atoms. The maximum atomic E-state index is 13.6. The van der Waals surface area contributed by atoms with Gasteiger partial charge < -0.3 is 10.1 Å². The minimum Gasteiger partial charge on any atom is -0.448 e. The fraction of sp³-hybridized carbons (Fsp3) is 0.190. The molecule has 5 nitrogen and oxygen atoms in total. The fourth-order valence-electron chi connectivity index (χ4n) is 2.45. The molecule has 0 aliphatic rings. The minimum absolute atomic E-state index is 0.0295. The van der Waals surface area contributed by atoms with E-state index < -0.39 is 23.8 Å². The van der Waals surface area contributed by atoms with E-state index in [4.69, 9.17) is 4.74 Å². The average Bonchev–Trinajstić information content (AvgIpc) is 3.20. The summed E-state index contributed by atoms with van der Waals surface area (Å²) in [4.78, 5) is 28.7. The molecule has 0 spiro atoms. The first-order valence-corrected chi connectivity index (χ1v) is 9.67. The first kappa shape index (κ1) is 19.7. The van der Waals surface area contributed by atoms with Crippen LogP contribution in [0.5, 0.6) is 0 Å². The Hall–Kier alpha value is -3.06. The molecule has 144 valence electrons. The van der Waals surface area contributed by atoms with Crippen LogP contribution >= 0.6 is 11.3 Å². The van der Waals surface area contributed by atoms with Gasteiger partial charge in [-0.05, 0) is 31.0 Å². The van der Waals surface area contributed by atoms with Crippen molar-refractivity contribution in [2.45, 2.75) is 26.4 Å². The third-order valence-electron chi connectivity index (χ3n) is 4.11. The zero-order chi connectivity index (χ0) is 20.1. The smallest absolute Gasteiger partial charge is 0.358 e. The van der Waals surface area contributed by atoms with Gasteiger partial charge in [-0.15, -0.1) is 11.3 Å². The van der Waals surface area contributed by atoms with E-state index in [2.05, 4.69) is 17.2 Å². The number of aromatic nitrogens is 1. The lowest BCUT2D eigenvalue weighted by molar-refractivity contribution is -0.123. The standard InChI is InChI=1S/C21H19FN2O3S/c1-3-14-8-10-15(11-9-14)20-24-18(12-28-20)21(26)27-13(2)19(25)23-17-7-5-4-6-16(17)22/h4-13H,3H2,1-2H3,(H,23,25)/t13-/m1/s1. The molecule has 1 heterocycles. The molecule has 1 N–H and O–H groups in total. The van der Waals surface area contributed by atoms with Crippen LogP contribution in [0.3, 0.4) is 0 Å². The molecule has 3 rings (SSSR count). The van der Waals surface area contributed by atoms with Gasteiger partial charge in [-0.2, -0.15) is 0 Å². The van der Waals surface area contributed by atoms with Crippen molar-refractivity contribution < 1.29 is 18.7 Å². The maximum absolute atomic E-state index is 13.6. The highest BCUT2D eigenvalue weighted by Crippen LogP contribution is 2.24. The number of ether oxygens (including phenoxy) is 1. The van der Waals surface area contributed by atoms with Gasteiger partial charge in [0.2, 0.25) is 0 Å². The van der Waals surface area contributed by atoms with E-state index >= 15 is 0 Å². The van der Waals surface area contributed by atoms with Gasteiger partial charge in [-0.25, -0.2) is 14.2 Å². The van der Waals surface area contributed by atoms with Crippen LogP contribution in [0.25, 0.3) is 10.6 Å². The van der Waals surface area contributed by atoms with Crippen molar-refractivity contribution in [3.63, 3.8) is 0 Å². The van der Waals surface area contributed by atoms with Gasteiger partial charge in [0.1, 0.15) is 10.8 Å². The molecule has 0 radical (unpaired) electrons. The number of anilines is 1. The molecule has 0 fully saturated rings. The third-order valence-corrected chi connectivity index (χ3v) is 5.00. The Morgan fingerprint density at radius 2 is 1.89 bits per heavy atom. The lowest BCUT2D eigenvalue weighted by atomic mass is 10.1. The van der Waals surface area contributed by atoms with E-state index in [0.29, 0.717) is 5.01 Å². The quantitative estimate of drug-likeness (QED) is 0.612. The van der Waals surface area contributed by atoms with Crippen molar-refractivity contribution in [2.75, 3.05) is 5.32 Å².